The number of halogens is 3. The van der Waals surface area contributed by atoms with Gasteiger partial charge in [0.05, 0.1) is 10.8 Å². The number of hydrogen-bond donors (Lipinski definition) is 2. The molecule has 2 rings (SSSR count). The van der Waals surface area contributed by atoms with Crippen LogP contribution in [0.2, 0.25) is 5.02 Å². The Morgan fingerprint density at radius 3 is 2.75 bits per heavy atom. The van der Waals surface area contributed by atoms with Gasteiger partial charge in [-0.2, -0.15) is 4.31 Å². The number of nitrogens with zero attached hydrogens (tertiary/aromatic N) is 1. The van der Waals surface area contributed by atoms with Crippen LogP contribution < -0.4 is 11.1 Å². The fourth-order valence-electron chi connectivity index (χ4n) is 2.54. The van der Waals surface area contributed by atoms with Crippen LogP contribution in [-0.2, 0) is 14.8 Å². The van der Waals surface area contributed by atoms with Crippen molar-refractivity contribution in [1.29, 1.82) is 0 Å². The van der Waals surface area contributed by atoms with Crippen molar-refractivity contribution in [1.82, 2.24) is 9.62 Å². The number of sulfonamides is 1. The third-order valence-electron chi connectivity index (χ3n) is 3.67. The van der Waals surface area contributed by atoms with Crippen molar-refractivity contribution in [2.45, 2.75) is 17.7 Å². The Morgan fingerprint density at radius 2 is 2.12 bits per heavy atom. The number of hydrogen-bond acceptors (Lipinski definition) is 4. The Bertz CT molecular complexity index is 668. The van der Waals surface area contributed by atoms with Crippen molar-refractivity contribution >= 4 is 39.9 Å². The first-order chi connectivity index (χ1) is 10.8. The zero-order chi connectivity index (χ0) is 17.0. The van der Waals surface area contributed by atoms with E-state index < -0.39 is 21.8 Å². The number of benzene rings is 1. The average Bonchev–Trinajstić information content (AvgIpc) is 2.51. The lowest BCUT2D eigenvalue weighted by atomic mass is 9.99. The molecule has 1 aromatic carbocycles. The van der Waals surface area contributed by atoms with Crippen molar-refractivity contribution in [2.75, 3.05) is 26.2 Å². The van der Waals surface area contributed by atoms with Crippen LogP contribution in [0.15, 0.2) is 23.1 Å². The van der Waals surface area contributed by atoms with E-state index >= 15 is 0 Å². The van der Waals surface area contributed by atoms with Crippen molar-refractivity contribution in [2.24, 2.45) is 11.7 Å². The molecular weight excluding hydrogens is 380 g/mol. The highest BCUT2D eigenvalue weighted by atomic mass is 35.5. The van der Waals surface area contributed by atoms with Gasteiger partial charge < -0.3 is 11.1 Å². The van der Waals surface area contributed by atoms with Crippen LogP contribution in [0.4, 0.5) is 4.39 Å². The molecule has 1 amide bonds. The van der Waals surface area contributed by atoms with E-state index in [0.717, 1.165) is 12.1 Å². The normalized spacial score (nSPS) is 18.7. The second-order valence-corrected chi connectivity index (χ2v) is 7.76. The molecule has 0 spiro atoms. The van der Waals surface area contributed by atoms with Crippen LogP contribution in [-0.4, -0.2) is 44.8 Å². The van der Waals surface area contributed by atoms with Gasteiger partial charge in [-0.25, -0.2) is 12.8 Å². The molecule has 0 saturated carbocycles. The van der Waals surface area contributed by atoms with Gasteiger partial charge in [-0.15, -0.1) is 12.4 Å². The molecule has 1 fully saturated rings. The maximum Gasteiger partial charge on any atom is 0.243 e. The summed E-state index contributed by atoms with van der Waals surface area (Å²) in [6.07, 6.45) is 1.16. The highest BCUT2D eigenvalue weighted by molar-refractivity contribution is 7.89. The maximum atomic E-state index is 13.4. The highest BCUT2D eigenvalue weighted by Gasteiger charge is 2.33. The Balaban J connectivity index is 0.00000288. The monoisotopic (exact) mass is 399 g/mol. The Labute approximate surface area is 152 Å². The van der Waals surface area contributed by atoms with Gasteiger partial charge in [-0.05, 0) is 31.0 Å². The summed E-state index contributed by atoms with van der Waals surface area (Å²) >= 11 is 5.73. The van der Waals surface area contributed by atoms with Gasteiger partial charge in [0.1, 0.15) is 5.82 Å². The molecule has 10 heteroatoms. The largest absolute Gasteiger partial charge is 0.355 e. The molecule has 0 aromatic heterocycles. The summed E-state index contributed by atoms with van der Waals surface area (Å²) in [4.78, 5) is 11.8. The van der Waals surface area contributed by atoms with Crippen LogP contribution in [0.5, 0.6) is 0 Å². The summed E-state index contributed by atoms with van der Waals surface area (Å²) in [6.45, 7) is 1.02. The smallest absolute Gasteiger partial charge is 0.243 e. The van der Waals surface area contributed by atoms with Gasteiger partial charge in [-0.3, -0.25) is 4.79 Å². The Morgan fingerprint density at radius 1 is 1.42 bits per heavy atom. The first kappa shape index (κ1) is 21.1. The molecule has 1 saturated heterocycles. The molecule has 0 radical (unpaired) electrons. The second-order valence-electron chi connectivity index (χ2n) is 5.39. The van der Waals surface area contributed by atoms with E-state index in [1.165, 1.54) is 10.4 Å². The summed E-state index contributed by atoms with van der Waals surface area (Å²) in [5.41, 5.74) is 5.34. The number of nitrogens with two attached hydrogens (primary N) is 1. The third-order valence-corrected chi connectivity index (χ3v) is 5.73. The molecule has 1 atom stereocenters. The molecule has 136 valence electrons. The van der Waals surface area contributed by atoms with Crippen molar-refractivity contribution in [3.8, 4) is 0 Å². The van der Waals surface area contributed by atoms with Gasteiger partial charge >= 0.3 is 0 Å². The van der Waals surface area contributed by atoms with E-state index in [-0.39, 0.29) is 41.3 Å². The minimum atomic E-state index is -3.89. The van der Waals surface area contributed by atoms with Gasteiger partial charge in [0.25, 0.3) is 0 Å². The predicted octanol–water partition coefficient (Wildman–Crippen LogP) is 1.38. The van der Waals surface area contributed by atoms with Gasteiger partial charge in [0.2, 0.25) is 15.9 Å². The SMILES string of the molecule is Cl.NCCNC(=O)C1CCCN(S(=O)(=O)c2cc(F)cc(Cl)c2)C1. The van der Waals surface area contributed by atoms with Crippen molar-refractivity contribution in [3.05, 3.63) is 29.0 Å². The van der Waals surface area contributed by atoms with Gasteiger partial charge in [-0.1, -0.05) is 11.6 Å². The number of piperidine rings is 1. The predicted molar refractivity (Wildman–Crippen MR) is 92.2 cm³/mol. The Kier molecular flexibility index (Phi) is 7.88. The van der Waals surface area contributed by atoms with E-state index in [1.54, 1.807) is 0 Å². The van der Waals surface area contributed by atoms with Crippen LogP contribution in [0, 0.1) is 11.7 Å². The maximum absolute atomic E-state index is 13.4. The summed E-state index contributed by atoms with van der Waals surface area (Å²) in [6, 6.07) is 3.18. The van der Waals surface area contributed by atoms with Gasteiger partial charge in [0, 0.05) is 31.2 Å². The summed E-state index contributed by atoms with van der Waals surface area (Å²) in [7, 11) is -3.89. The Hall–Kier alpha value is -0.930. The van der Waals surface area contributed by atoms with E-state index in [1.807, 2.05) is 0 Å². The lowest BCUT2D eigenvalue weighted by Gasteiger charge is -2.31. The topological polar surface area (TPSA) is 92.5 Å². The summed E-state index contributed by atoms with van der Waals surface area (Å²) in [5.74, 6) is -1.37. The van der Waals surface area contributed by atoms with Crippen LogP contribution in [0.1, 0.15) is 12.8 Å². The van der Waals surface area contributed by atoms with Gasteiger partial charge in [0.15, 0.2) is 0 Å². The molecule has 1 heterocycles. The average molecular weight is 400 g/mol. The molecule has 1 aliphatic heterocycles. The quantitative estimate of drug-likeness (QED) is 0.781. The fraction of sp³-hybridized carbons (Fsp3) is 0.500. The number of nitrogens with one attached hydrogen (secondary N) is 1. The number of carbonyl (C=O) groups is 1. The van der Waals surface area contributed by atoms with E-state index in [4.69, 9.17) is 17.3 Å². The molecule has 1 unspecified atom stereocenters. The van der Waals surface area contributed by atoms with E-state index in [9.17, 15) is 17.6 Å². The minimum absolute atomic E-state index is 0. The molecule has 1 aliphatic rings. The number of carbonyl (C=O) groups excluding carboxylic acids is 1. The van der Waals surface area contributed by atoms with E-state index in [0.29, 0.717) is 25.9 Å². The number of amides is 1. The molecule has 3 N–H and O–H groups in total. The fourth-order valence-corrected chi connectivity index (χ4v) is 4.41. The highest BCUT2D eigenvalue weighted by Crippen LogP contribution is 2.26. The first-order valence-electron chi connectivity index (χ1n) is 7.28. The third kappa shape index (κ3) is 5.03. The van der Waals surface area contributed by atoms with Crippen LogP contribution >= 0.6 is 24.0 Å². The van der Waals surface area contributed by atoms with Crippen LogP contribution in [0.25, 0.3) is 0 Å². The first-order valence-corrected chi connectivity index (χ1v) is 9.10. The zero-order valence-electron chi connectivity index (χ0n) is 12.9. The molecule has 0 bridgehead atoms. The molecule has 1 aromatic rings. The lowest BCUT2D eigenvalue weighted by molar-refractivity contribution is -0.126. The summed E-state index contributed by atoms with van der Waals surface area (Å²) in [5, 5.41) is 2.68. The van der Waals surface area contributed by atoms with Crippen molar-refractivity contribution in [3.63, 3.8) is 0 Å². The van der Waals surface area contributed by atoms with E-state index in [2.05, 4.69) is 5.32 Å². The number of rotatable bonds is 5. The molecule has 0 aliphatic carbocycles. The lowest BCUT2D eigenvalue weighted by Crippen LogP contribution is -2.46. The molecule has 24 heavy (non-hydrogen) atoms. The zero-order valence-corrected chi connectivity index (χ0v) is 15.3. The molecular formula is C14H20Cl2FN3O3S. The van der Waals surface area contributed by atoms with Crippen molar-refractivity contribution < 1.29 is 17.6 Å². The minimum Gasteiger partial charge on any atom is -0.355 e. The second kappa shape index (κ2) is 8.96. The summed E-state index contributed by atoms with van der Waals surface area (Å²) < 4.78 is 39.9. The standard InChI is InChI=1S/C14H19ClFN3O3S.ClH/c15-11-6-12(16)8-13(7-11)23(21,22)19-5-1-2-10(9-19)14(20)18-4-3-17;/h6-8,10H,1-5,9,17H2,(H,18,20);1H. The van der Waals surface area contributed by atoms with Crippen LogP contribution in [0.3, 0.4) is 0 Å². The molecule has 6 nitrogen and oxygen atoms in total.